The van der Waals surface area contributed by atoms with E-state index < -0.39 is 54.2 Å². The molecule has 0 aliphatic heterocycles. The van der Waals surface area contributed by atoms with E-state index in [0.717, 1.165) is 0 Å². The summed E-state index contributed by atoms with van der Waals surface area (Å²) in [5.41, 5.74) is -3.38. The van der Waals surface area contributed by atoms with Crippen LogP contribution in [0.1, 0.15) is 0 Å². The van der Waals surface area contributed by atoms with Crippen LogP contribution in [-0.4, -0.2) is 54.2 Å². The Bertz CT molecular complexity index is 397. The molecule has 0 spiro atoms. The van der Waals surface area contributed by atoms with Crippen molar-refractivity contribution in [2.45, 2.75) is 71.4 Å². The summed E-state index contributed by atoms with van der Waals surface area (Å²) in [6.07, 6.45) is 0. The first-order valence-electron chi connectivity index (χ1n) is 7.80. The zero-order chi connectivity index (χ0) is 19.6. The van der Waals surface area contributed by atoms with Crippen LogP contribution < -0.4 is 0 Å². The van der Waals surface area contributed by atoms with Crippen molar-refractivity contribution in [3.05, 3.63) is 0 Å². The van der Waals surface area contributed by atoms with Crippen molar-refractivity contribution in [3.8, 4) is 0 Å². The molecule has 0 amide bonds. The molecule has 4 nitrogen and oxygen atoms in total. The summed E-state index contributed by atoms with van der Waals surface area (Å²) in [6, 6.07) is 0. The molecule has 0 N–H and O–H groups in total. The van der Waals surface area contributed by atoms with E-state index in [2.05, 4.69) is 39.3 Å². The smallest absolute Gasteiger partial charge is 0.407 e. The first-order chi connectivity index (χ1) is 10.4. The zero-order valence-electron chi connectivity index (χ0n) is 16.3. The third-order valence-electron chi connectivity index (χ3n) is 2.32. The molecule has 0 aliphatic carbocycles. The summed E-state index contributed by atoms with van der Waals surface area (Å²) in [7, 11) is -9.62. The minimum atomic E-state index is -3.38. The van der Waals surface area contributed by atoms with Gasteiger partial charge in [-0.05, 0) is 65.5 Å². The summed E-state index contributed by atoms with van der Waals surface area (Å²) >= 11 is 19.8. The molecule has 13 heteroatoms. The molecule has 144 valence electrons. The van der Waals surface area contributed by atoms with E-state index >= 15 is 0 Å². The summed E-state index contributed by atoms with van der Waals surface area (Å²) in [5, 5.41) is 0. The van der Waals surface area contributed by atoms with Crippen LogP contribution in [-0.2, 0) is 17.1 Å². The second kappa shape index (κ2) is 9.48. The maximum atomic E-state index is 6.60. The van der Waals surface area contributed by atoms with E-state index in [1.807, 2.05) is 26.2 Å². The normalized spacial score (nSPS) is 18.1. The molecule has 0 aliphatic rings. The van der Waals surface area contributed by atoms with Gasteiger partial charge in [-0.15, -0.1) is 33.2 Å². The van der Waals surface area contributed by atoms with E-state index in [-0.39, 0.29) is 0 Å². The quantitative estimate of drug-likeness (QED) is 0.232. The van der Waals surface area contributed by atoms with Crippen molar-refractivity contribution >= 4 is 81.6 Å². The highest BCUT2D eigenvalue weighted by molar-refractivity contribution is 7.87. The van der Waals surface area contributed by atoms with Crippen LogP contribution >= 0.6 is 33.2 Å². The molecule has 0 rings (SSSR count). The van der Waals surface area contributed by atoms with Crippen LogP contribution in [0.2, 0.25) is 65.5 Å². The van der Waals surface area contributed by atoms with Gasteiger partial charge in [-0.3, -0.25) is 0 Å². The van der Waals surface area contributed by atoms with Crippen molar-refractivity contribution in [1.82, 2.24) is 0 Å². The SMILES string of the molecule is C[Si](C)OC(O[Si](C)(C)C)[Si](O[Si](C)C)(O[Si](C)(C)C)[Si](Cl)(Cl)Cl. The summed E-state index contributed by atoms with van der Waals surface area (Å²) < 4.78 is 25.5. The van der Waals surface area contributed by atoms with Crippen molar-refractivity contribution in [1.29, 1.82) is 0 Å². The Kier molecular flexibility index (Phi) is 10.3. The average molecular weight is 502 g/mol. The van der Waals surface area contributed by atoms with Gasteiger partial charge in [0.25, 0.3) is 0 Å². The van der Waals surface area contributed by atoms with E-state index in [0.29, 0.717) is 0 Å². The Labute approximate surface area is 169 Å². The number of halogens is 3. The van der Waals surface area contributed by atoms with Crippen LogP contribution in [0.4, 0.5) is 0 Å². The van der Waals surface area contributed by atoms with Gasteiger partial charge in [-0.1, -0.05) is 0 Å². The second-order valence-electron chi connectivity index (χ2n) is 7.98. The van der Waals surface area contributed by atoms with Crippen molar-refractivity contribution in [3.63, 3.8) is 0 Å². The molecule has 2 unspecified atom stereocenters. The first-order valence-corrected chi connectivity index (χ1v) is 27.4. The van der Waals surface area contributed by atoms with Crippen molar-refractivity contribution < 1.29 is 17.1 Å². The summed E-state index contributed by atoms with van der Waals surface area (Å²) in [5.74, 6) is -0.682. The minimum Gasteiger partial charge on any atom is -0.434 e. The van der Waals surface area contributed by atoms with Crippen LogP contribution in [0, 0.1) is 0 Å². The van der Waals surface area contributed by atoms with Gasteiger partial charge in [0.1, 0.15) is 0 Å². The maximum Gasteiger partial charge on any atom is 0.407 e. The van der Waals surface area contributed by atoms with Gasteiger partial charge in [-0.2, -0.15) is 0 Å². The van der Waals surface area contributed by atoms with E-state index in [1.165, 1.54) is 0 Å². The van der Waals surface area contributed by atoms with Crippen LogP contribution in [0.15, 0.2) is 0 Å². The fourth-order valence-electron chi connectivity index (χ4n) is 1.84. The lowest BCUT2D eigenvalue weighted by Crippen LogP contribution is -2.73. The summed E-state index contributed by atoms with van der Waals surface area (Å²) in [4.78, 5) is 0. The third kappa shape index (κ3) is 9.28. The number of rotatable bonds is 10. The molecule has 0 bridgehead atoms. The van der Waals surface area contributed by atoms with Gasteiger partial charge in [0.15, 0.2) is 31.6 Å². The average Bonchev–Trinajstić information content (AvgIpc) is 2.19. The van der Waals surface area contributed by atoms with Gasteiger partial charge in [-0.25, -0.2) is 0 Å². The molecular formula is C11H31Cl3O4Si6. The summed E-state index contributed by atoms with van der Waals surface area (Å²) in [6.45, 7) is 20.7. The predicted octanol–water partition coefficient (Wildman–Crippen LogP) is 5.27. The molecule has 2 atom stereocenters. The molecule has 0 heterocycles. The lowest BCUT2D eigenvalue weighted by atomic mass is 11.5. The fraction of sp³-hybridized carbons (Fsp3) is 1.00. The third-order valence-corrected chi connectivity index (χ3v) is 24.6. The molecule has 0 aromatic carbocycles. The number of hydrogen-bond acceptors (Lipinski definition) is 4. The Hall–Kier alpha value is 2.01. The monoisotopic (exact) mass is 500 g/mol. The second-order valence-corrected chi connectivity index (χ2v) is 39.0. The Morgan fingerprint density at radius 1 is 0.750 bits per heavy atom. The molecule has 0 saturated carbocycles. The largest absolute Gasteiger partial charge is 0.434 e. The van der Waals surface area contributed by atoms with Crippen molar-refractivity contribution in [2.24, 2.45) is 0 Å². The van der Waals surface area contributed by atoms with Gasteiger partial charge in [0.05, 0.1) is 0 Å². The van der Waals surface area contributed by atoms with Gasteiger partial charge in [0, 0.05) is 0 Å². The molecule has 2 radical (unpaired) electrons. The molecule has 0 aromatic heterocycles. The van der Waals surface area contributed by atoms with Crippen molar-refractivity contribution in [2.75, 3.05) is 0 Å². The van der Waals surface area contributed by atoms with Crippen LogP contribution in [0.3, 0.4) is 0 Å². The van der Waals surface area contributed by atoms with Gasteiger partial charge < -0.3 is 17.1 Å². The minimum absolute atomic E-state index is 0.682. The van der Waals surface area contributed by atoms with Crippen LogP contribution in [0.25, 0.3) is 0 Å². The topological polar surface area (TPSA) is 36.9 Å². The molecule has 0 saturated heterocycles. The first kappa shape index (κ1) is 26.0. The lowest BCUT2D eigenvalue weighted by Gasteiger charge is -2.46. The predicted molar refractivity (Wildman–Crippen MR) is 119 cm³/mol. The zero-order valence-corrected chi connectivity index (χ0v) is 24.6. The molecule has 24 heavy (non-hydrogen) atoms. The van der Waals surface area contributed by atoms with E-state index in [1.54, 1.807) is 0 Å². The highest BCUT2D eigenvalue weighted by Crippen LogP contribution is 2.40. The maximum absolute atomic E-state index is 6.60. The molecule has 0 aromatic rings. The Morgan fingerprint density at radius 2 is 1.21 bits per heavy atom. The lowest BCUT2D eigenvalue weighted by molar-refractivity contribution is 0.0355. The van der Waals surface area contributed by atoms with Gasteiger partial charge in [0.2, 0.25) is 9.04 Å². The molecule has 0 fully saturated rings. The molecular weight excluding hydrogens is 471 g/mol. The Morgan fingerprint density at radius 3 is 1.46 bits per heavy atom. The highest BCUT2D eigenvalue weighted by atomic mass is 35.8. The van der Waals surface area contributed by atoms with E-state index in [4.69, 9.17) is 50.3 Å². The fourth-order valence-corrected chi connectivity index (χ4v) is 31.9. The van der Waals surface area contributed by atoms with E-state index in [9.17, 15) is 0 Å². The van der Waals surface area contributed by atoms with Gasteiger partial charge >= 0.3 is 13.6 Å². The highest BCUT2D eigenvalue weighted by Gasteiger charge is 2.67. The standard InChI is InChI=1S/C11H31Cl3O4Si6/c1-19(2)15-11(16-21(5,6)7)23(17-20(3)4,24(12,13)14)18-22(8,9)10/h11H,1-10H3. The Balaban J connectivity index is 6.21. The number of hydrogen-bond donors (Lipinski definition) is 0. The van der Waals surface area contributed by atoms with Crippen LogP contribution in [0.5, 0.6) is 0 Å².